The number of nitrogens with one attached hydrogen (secondary N) is 2. The molecule has 160 valence electrons. The van der Waals surface area contributed by atoms with Crippen molar-refractivity contribution in [2.75, 3.05) is 18.9 Å². The van der Waals surface area contributed by atoms with E-state index in [0.717, 1.165) is 27.8 Å². The summed E-state index contributed by atoms with van der Waals surface area (Å²) in [7, 11) is 3.78. The summed E-state index contributed by atoms with van der Waals surface area (Å²) in [4.78, 5) is 12.8. The van der Waals surface area contributed by atoms with Gasteiger partial charge in [-0.05, 0) is 50.6 Å². The average molecular weight is 420 g/mol. The average Bonchev–Trinajstić information content (AvgIpc) is 3.27. The zero-order valence-corrected chi connectivity index (χ0v) is 18.4. The van der Waals surface area contributed by atoms with Crippen LogP contribution >= 0.6 is 0 Å². The van der Waals surface area contributed by atoms with E-state index >= 15 is 0 Å². The van der Waals surface area contributed by atoms with Gasteiger partial charge >= 0.3 is 0 Å². The number of hydrogen-bond acceptors (Lipinski definition) is 4. The van der Waals surface area contributed by atoms with E-state index in [4.69, 9.17) is 11.6 Å². The van der Waals surface area contributed by atoms with Gasteiger partial charge in [-0.3, -0.25) is 0 Å². The van der Waals surface area contributed by atoms with Crippen LogP contribution < -0.4 is 10.6 Å². The lowest BCUT2D eigenvalue weighted by Gasteiger charge is -2.21. The maximum Gasteiger partial charge on any atom is 0.190 e. The molecule has 0 saturated carbocycles. The number of imidazole rings is 1. The number of pyridine rings is 1. The normalized spacial score (nSPS) is 11.9. The Kier molecular flexibility index (Phi) is 5.15. The third-order valence-electron chi connectivity index (χ3n) is 5.24. The molecule has 0 aliphatic rings. The van der Waals surface area contributed by atoms with Gasteiger partial charge in [0.15, 0.2) is 11.5 Å². The fourth-order valence-electron chi connectivity index (χ4n) is 3.88. The zero-order chi connectivity index (χ0) is 22.3. The number of aromatic nitrogens is 4. The number of aryl methyl sites for hydroxylation is 1. The van der Waals surface area contributed by atoms with Crippen molar-refractivity contribution in [3.05, 3.63) is 47.8 Å². The topological polar surface area (TPSA) is 64.1 Å². The van der Waals surface area contributed by atoms with Crippen molar-refractivity contribution in [2.24, 2.45) is 7.05 Å². The summed E-state index contributed by atoms with van der Waals surface area (Å²) >= 11 is 0. The first kappa shape index (κ1) is 20.8. The van der Waals surface area contributed by atoms with Crippen molar-refractivity contribution in [3.63, 3.8) is 0 Å². The van der Waals surface area contributed by atoms with Crippen molar-refractivity contribution in [1.29, 1.82) is 0 Å². The smallest absolute Gasteiger partial charge is 0.190 e. The lowest BCUT2D eigenvalue weighted by Crippen LogP contribution is -2.37. The van der Waals surface area contributed by atoms with Crippen LogP contribution in [0.4, 0.5) is 15.9 Å². The van der Waals surface area contributed by atoms with E-state index in [1.54, 1.807) is 12.4 Å². The maximum absolute atomic E-state index is 14.3. The molecule has 4 aromatic rings. The minimum absolute atomic E-state index is 0.0297. The zero-order valence-electron chi connectivity index (χ0n) is 18.4. The summed E-state index contributed by atoms with van der Waals surface area (Å²) in [5.74, 6) is 0.265. The Hall–Kier alpha value is -3.44. The lowest BCUT2D eigenvalue weighted by atomic mass is 10.1. The SMILES string of the molecule is [C-]#[N+]c1cc(F)cc(-c2cc3c4c(ncn4C)c(NC)nc3n2CCNC(C)(C)C)c1. The Labute approximate surface area is 180 Å². The van der Waals surface area contributed by atoms with Crippen molar-refractivity contribution in [2.45, 2.75) is 32.9 Å². The molecule has 0 spiro atoms. The minimum atomic E-state index is -0.428. The van der Waals surface area contributed by atoms with Gasteiger partial charge < -0.3 is 19.8 Å². The van der Waals surface area contributed by atoms with Crippen LogP contribution in [0.3, 0.4) is 0 Å². The van der Waals surface area contributed by atoms with Gasteiger partial charge in [0.25, 0.3) is 0 Å². The Balaban J connectivity index is 1.99. The highest BCUT2D eigenvalue weighted by molar-refractivity contribution is 6.07. The predicted molar refractivity (Wildman–Crippen MR) is 123 cm³/mol. The highest BCUT2D eigenvalue weighted by Gasteiger charge is 2.20. The van der Waals surface area contributed by atoms with E-state index in [1.165, 1.54) is 12.1 Å². The quantitative estimate of drug-likeness (QED) is 0.460. The molecule has 0 aliphatic carbocycles. The largest absolute Gasteiger partial charge is 0.371 e. The molecule has 4 rings (SSSR count). The number of halogens is 1. The molecule has 0 atom stereocenters. The predicted octanol–water partition coefficient (Wildman–Crippen LogP) is 4.71. The summed E-state index contributed by atoms with van der Waals surface area (Å²) in [6.07, 6.45) is 1.77. The van der Waals surface area contributed by atoms with Crippen LogP contribution in [0.5, 0.6) is 0 Å². The highest BCUT2D eigenvalue weighted by Crippen LogP contribution is 2.35. The molecule has 0 unspecified atom stereocenters. The second-order valence-electron chi connectivity index (χ2n) is 8.67. The molecule has 3 aromatic heterocycles. The van der Waals surface area contributed by atoms with Crippen molar-refractivity contribution in [1.82, 2.24) is 24.4 Å². The van der Waals surface area contributed by atoms with Gasteiger partial charge in [0.1, 0.15) is 17.0 Å². The molecule has 2 N–H and O–H groups in total. The number of anilines is 1. The van der Waals surface area contributed by atoms with Crippen LogP contribution in [0.25, 0.3) is 38.2 Å². The Bertz CT molecular complexity index is 1320. The van der Waals surface area contributed by atoms with Crippen LogP contribution in [0.1, 0.15) is 20.8 Å². The first-order valence-corrected chi connectivity index (χ1v) is 10.2. The Morgan fingerprint density at radius 3 is 2.65 bits per heavy atom. The standard InChI is InChI=1S/C23H26FN7/c1-23(2,3)28-7-8-31-18(14-9-15(24)11-16(10-14)25-4)12-17-20-19(27-13-30(20)6)21(26-5)29-22(17)31/h9-13,28H,7-8H2,1-3,5-6H3,(H,26,29). The summed E-state index contributed by atoms with van der Waals surface area (Å²) in [5.41, 5.74) is 4.25. The fraction of sp³-hybridized carbons (Fsp3) is 0.348. The fourth-order valence-corrected chi connectivity index (χ4v) is 3.88. The molecular weight excluding hydrogens is 393 g/mol. The molecule has 0 fully saturated rings. The number of benzene rings is 1. The third-order valence-corrected chi connectivity index (χ3v) is 5.24. The van der Waals surface area contributed by atoms with Gasteiger partial charge in [0.05, 0.1) is 18.4 Å². The van der Waals surface area contributed by atoms with Crippen molar-refractivity contribution in [3.8, 4) is 11.3 Å². The van der Waals surface area contributed by atoms with Crippen LogP contribution in [-0.4, -0.2) is 38.2 Å². The Morgan fingerprint density at radius 2 is 1.97 bits per heavy atom. The van der Waals surface area contributed by atoms with E-state index < -0.39 is 5.82 Å². The van der Waals surface area contributed by atoms with Crippen molar-refractivity contribution >= 4 is 33.6 Å². The molecule has 1 aromatic carbocycles. The van der Waals surface area contributed by atoms with Crippen LogP contribution in [0, 0.1) is 12.4 Å². The summed E-state index contributed by atoms with van der Waals surface area (Å²) in [6.45, 7) is 15.0. The highest BCUT2D eigenvalue weighted by atomic mass is 19.1. The molecule has 0 radical (unpaired) electrons. The van der Waals surface area contributed by atoms with Gasteiger partial charge in [0, 0.05) is 43.8 Å². The second-order valence-corrected chi connectivity index (χ2v) is 8.67. The number of hydrogen-bond donors (Lipinski definition) is 2. The summed E-state index contributed by atoms with van der Waals surface area (Å²) in [5, 5.41) is 7.59. The first-order valence-electron chi connectivity index (χ1n) is 10.2. The van der Waals surface area contributed by atoms with E-state index in [2.05, 4.69) is 45.8 Å². The van der Waals surface area contributed by atoms with E-state index in [1.807, 2.05) is 24.7 Å². The molecule has 0 saturated heterocycles. The first-order chi connectivity index (χ1) is 14.7. The molecule has 0 bridgehead atoms. The number of fused-ring (bicyclic) bond motifs is 3. The third kappa shape index (κ3) is 3.84. The van der Waals surface area contributed by atoms with Crippen LogP contribution in [0.2, 0.25) is 0 Å². The van der Waals surface area contributed by atoms with E-state index in [-0.39, 0.29) is 11.2 Å². The molecule has 0 amide bonds. The summed E-state index contributed by atoms with van der Waals surface area (Å²) < 4.78 is 18.3. The molecule has 31 heavy (non-hydrogen) atoms. The maximum atomic E-state index is 14.3. The van der Waals surface area contributed by atoms with Crippen molar-refractivity contribution < 1.29 is 4.39 Å². The van der Waals surface area contributed by atoms with Crippen LogP contribution in [0.15, 0.2) is 30.6 Å². The van der Waals surface area contributed by atoms with Gasteiger partial charge in [-0.15, -0.1) is 0 Å². The minimum Gasteiger partial charge on any atom is -0.371 e. The lowest BCUT2D eigenvalue weighted by molar-refractivity contribution is 0.414. The molecule has 0 aliphatic heterocycles. The Morgan fingerprint density at radius 1 is 1.19 bits per heavy atom. The number of nitrogens with zero attached hydrogens (tertiary/aromatic N) is 5. The second kappa shape index (κ2) is 7.67. The van der Waals surface area contributed by atoms with Gasteiger partial charge in [0.2, 0.25) is 0 Å². The monoisotopic (exact) mass is 419 g/mol. The molecule has 3 heterocycles. The molecular formula is C23H26FN7. The molecule has 7 nitrogen and oxygen atoms in total. The summed E-state index contributed by atoms with van der Waals surface area (Å²) in [6, 6.07) is 6.46. The molecule has 8 heteroatoms. The van der Waals surface area contributed by atoms with Gasteiger partial charge in [-0.2, -0.15) is 0 Å². The number of rotatable bonds is 5. The van der Waals surface area contributed by atoms with Gasteiger partial charge in [-0.1, -0.05) is 0 Å². The van der Waals surface area contributed by atoms with Crippen LogP contribution in [-0.2, 0) is 13.6 Å². The van der Waals surface area contributed by atoms with E-state index in [0.29, 0.717) is 24.5 Å². The van der Waals surface area contributed by atoms with Gasteiger partial charge in [-0.25, -0.2) is 19.2 Å². The van der Waals surface area contributed by atoms with E-state index in [9.17, 15) is 4.39 Å².